The van der Waals surface area contributed by atoms with Gasteiger partial charge in [0.25, 0.3) is 0 Å². The van der Waals surface area contributed by atoms with Crippen LogP contribution >= 0.6 is 0 Å². The number of rotatable bonds is 10. The largest absolute Gasteiger partial charge is 0.247 e. The quantitative estimate of drug-likeness (QED) is 0.126. The highest BCUT2D eigenvalue weighted by Gasteiger charge is 2.23. The van der Waals surface area contributed by atoms with Gasteiger partial charge < -0.3 is 0 Å². The topological polar surface area (TPSA) is 90.2 Å². The Balaban J connectivity index is 0.000000145. The molecule has 0 radical (unpaired) electrons. The van der Waals surface area contributed by atoms with Crippen molar-refractivity contribution in [2.75, 3.05) is 0 Å². The molecule has 0 atom stereocenters. The average molecular weight is 1360 g/mol. The number of hydrogen-bond acceptors (Lipinski definition) is 7. The predicted octanol–water partition coefficient (Wildman–Crippen LogP) is 25.3. The number of benzene rings is 16. The van der Waals surface area contributed by atoms with E-state index in [9.17, 15) is 8.78 Å². The smallest absolute Gasteiger partial charge is 0.164 e. The summed E-state index contributed by atoms with van der Waals surface area (Å²) in [7, 11) is 0. The van der Waals surface area contributed by atoms with E-state index < -0.39 is 0 Å². The number of halogens is 2. The van der Waals surface area contributed by atoms with Crippen molar-refractivity contribution in [1.29, 1.82) is 0 Å². The third kappa shape index (κ3) is 11.5. The molecule has 0 saturated heterocycles. The van der Waals surface area contributed by atoms with Crippen LogP contribution < -0.4 is 0 Å². The maximum Gasteiger partial charge on any atom is 0.164 e. The van der Waals surface area contributed by atoms with Crippen molar-refractivity contribution in [2.45, 2.75) is 0 Å². The third-order valence-corrected chi connectivity index (χ3v) is 20.1. The van der Waals surface area contributed by atoms with Crippen molar-refractivity contribution in [1.82, 2.24) is 34.9 Å². The standard InChI is InChI=1S/C49H30FN3.C48H29FN4/c50-36-27-25-33(26-28-36)47-46-41-22-10-8-20-39(41)38-19-7-9-21-40(38)45(46)42-24-12-23-37(48(42)53-47)34-17-11-18-35(29-34)49-51-43(31-13-3-1-4-14-31)30-44(52-49)32-15-5-2-6-16-32;49-36-25-22-30(23-26-36)45-44-40-21-10-8-19-38(40)37-18-7-9-20-39(37)43(44)41-29-34(24-27-42(41)50-45)33-16-11-17-35(28-33)48-52-46(31-12-3-1-4-13-31)51-47(53-48)32-14-5-2-6-15-32/h1-30H;1-29H. The minimum absolute atomic E-state index is 0.272. The van der Waals surface area contributed by atoms with Gasteiger partial charge in [0.2, 0.25) is 0 Å². The molecule has 16 aromatic carbocycles. The molecule has 0 unspecified atom stereocenters. The van der Waals surface area contributed by atoms with E-state index in [1.54, 1.807) is 0 Å². The maximum atomic E-state index is 14.3. The number of nitrogens with zero attached hydrogens (tertiary/aromatic N) is 7. The van der Waals surface area contributed by atoms with E-state index in [1.165, 1.54) is 35.0 Å². The summed E-state index contributed by atoms with van der Waals surface area (Å²) >= 11 is 0. The maximum absolute atomic E-state index is 14.3. The van der Waals surface area contributed by atoms with Crippen molar-refractivity contribution in [3.8, 4) is 113 Å². The second-order valence-electron chi connectivity index (χ2n) is 26.4. The molecule has 496 valence electrons. The highest BCUT2D eigenvalue weighted by molar-refractivity contribution is 6.35. The van der Waals surface area contributed by atoms with Gasteiger partial charge in [0.05, 0.1) is 33.8 Å². The van der Waals surface area contributed by atoms with Gasteiger partial charge in [-0.3, -0.25) is 0 Å². The summed E-state index contributed by atoms with van der Waals surface area (Å²) in [6, 6.07) is 120. The molecule has 0 aliphatic carbocycles. The van der Waals surface area contributed by atoms with Crippen LogP contribution in [0.15, 0.2) is 358 Å². The zero-order valence-electron chi connectivity index (χ0n) is 57.0. The van der Waals surface area contributed by atoms with Gasteiger partial charge >= 0.3 is 0 Å². The van der Waals surface area contributed by atoms with Crippen LogP contribution in [0.3, 0.4) is 0 Å². The Morgan fingerprint density at radius 2 is 0.509 bits per heavy atom. The summed E-state index contributed by atoms with van der Waals surface area (Å²) in [6.45, 7) is 0. The number of fused-ring (bicyclic) bond motifs is 16. The predicted molar refractivity (Wildman–Crippen MR) is 432 cm³/mol. The molecule has 0 bridgehead atoms. The van der Waals surface area contributed by atoms with Crippen LogP contribution in [0.25, 0.3) is 199 Å². The van der Waals surface area contributed by atoms with E-state index in [-0.39, 0.29) is 11.6 Å². The molecule has 0 fully saturated rings. The molecule has 0 amide bonds. The fourth-order valence-corrected chi connectivity index (χ4v) is 15.1. The highest BCUT2D eigenvalue weighted by Crippen LogP contribution is 2.47. The summed E-state index contributed by atoms with van der Waals surface area (Å²) < 4.78 is 28.4. The van der Waals surface area contributed by atoms with E-state index in [2.05, 4.69) is 212 Å². The first kappa shape index (κ1) is 62.8. The van der Waals surface area contributed by atoms with Crippen LogP contribution in [0.2, 0.25) is 0 Å². The monoisotopic (exact) mass is 1360 g/mol. The Hall–Kier alpha value is -14.2. The van der Waals surface area contributed by atoms with Gasteiger partial charge in [0, 0.05) is 82.4 Å². The molecule has 20 rings (SSSR count). The van der Waals surface area contributed by atoms with Gasteiger partial charge in [-0.2, -0.15) is 0 Å². The van der Waals surface area contributed by atoms with Crippen molar-refractivity contribution < 1.29 is 8.78 Å². The normalized spacial score (nSPS) is 11.5. The second kappa shape index (κ2) is 26.7. The molecular formula is C97H59F2N7. The van der Waals surface area contributed by atoms with E-state index in [0.29, 0.717) is 23.3 Å². The number of para-hydroxylation sites is 1. The molecule has 7 nitrogen and oxygen atoms in total. The molecule has 0 aliphatic heterocycles. The molecular weight excluding hydrogens is 1300 g/mol. The molecule has 0 spiro atoms. The molecule has 4 heterocycles. The lowest BCUT2D eigenvalue weighted by Crippen LogP contribution is -2.00. The average Bonchev–Trinajstić information content (AvgIpc) is 0.718. The molecule has 0 saturated carbocycles. The van der Waals surface area contributed by atoms with Crippen LogP contribution in [0.1, 0.15) is 0 Å². The zero-order valence-corrected chi connectivity index (χ0v) is 57.0. The Morgan fingerprint density at radius 3 is 0.991 bits per heavy atom. The fourth-order valence-electron chi connectivity index (χ4n) is 15.1. The van der Waals surface area contributed by atoms with Gasteiger partial charge in [-0.15, -0.1) is 0 Å². The first-order valence-electron chi connectivity index (χ1n) is 35.3. The second-order valence-corrected chi connectivity index (χ2v) is 26.4. The number of aromatic nitrogens is 7. The van der Waals surface area contributed by atoms with Crippen LogP contribution in [-0.4, -0.2) is 34.9 Å². The van der Waals surface area contributed by atoms with E-state index in [0.717, 1.165) is 165 Å². The summed E-state index contributed by atoms with van der Waals surface area (Å²) in [5.74, 6) is 1.95. The van der Waals surface area contributed by atoms with Crippen molar-refractivity contribution in [3.05, 3.63) is 370 Å². The SMILES string of the molecule is Fc1ccc(-c2nc3c(-c4cccc(-c5nc(-c6ccccc6)cc(-c6ccccc6)n5)c4)cccc3c3c4ccccc4c4ccccc4c23)cc1.Fc1ccc(-c2nc3ccc(-c4cccc(-c5nc(-c6ccccc6)nc(-c6ccccc6)n5)c4)cc3c3c4ccccc4c4ccccc4c23)cc1. The lowest BCUT2D eigenvalue weighted by molar-refractivity contribution is 0.627. The van der Waals surface area contributed by atoms with Crippen molar-refractivity contribution >= 4 is 86.4 Å². The third-order valence-electron chi connectivity index (χ3n) is 20.1. The minimum Gasteiger partial charge on any atom is -0.247 e. The van der Waals surface area contributed by atoms with Gasteiger partial charge in [0.1, 0.15) is 11.6 Å². The first-order chi connectivity index (χ1) is 52.4. The summed E-state index contributed by atoms with van der Waals surface area (Å²) in [5, 5.41) is 15.7. The van der Waals surface area contributed by atoms with E-state index >= 15 is 0 Å². The molecule has 20 aromatic rings. The Kier molecular flexibility index (Phi) is 15.8. The van der Waals surface area contributed by atoms with Crippen molar-refractivity contribution in [2.24, 2.45) is 0 Å². The molecule has 0 N–H and O–H groups in total. The lowest BCUT2D eigenvalue weighted by atomic mass is 9.88. The Bertz CT molecular complexity index is 6580. The molecule has 9 heteroatoms. The van der Waals surface area contributed by atoms with Crippen LogP contribution in [-0.2, 0) is 0 Å². The summed E-state index contributed by atoms with van der Waals surface area (Å²) in [5.41, 5.74) is 16.7. The van der Waals surface area contributed by atoms with E-state index in [4.69, 9.17) is 34.9 Å². The van der Waals surface area contributed by atoms with Crippen LogP contribution in [0.4, 0.5) is 8.78 Å². The van der Waals surface area contributed by atoms with Crippen LogP contribution in [0.5, 0.6) is 0 Å². The lowest BCUT2D eigenvalue weighted by Gasteiger charge is -2.18. The Labute approximate surface area is 608 Å². The molecule has 106 heavy (non-hydrogen) atoms. The van der Waals surface area contributed by atoms with Crippen molar-refractivity contribution in [3.63, 3.8) is 0 Å². The molecule has 4 aromatic heterocycles. The van der Waals surface area contributed by atoms with Gasteiger partial charge in [-0.05, 0) is 139 Å². The zero-order chi connectivity index (χ0) is 70.6. The number of pyridine rings is 2. The van der Waals surface area contributed by atoms with Gasteiger partial charge in [-0.25, -0.2) is 43.7 Å². The van der Waals surface area contributed by atoms with Gasteiger partial charge in [0.15, 0.2) is 23.3 Å². The summed E-state index contributed by atoms with van der Waals surface area (Å²) in [6.07, 6.45) is 0. The van der Waals surface area contributed by atoms with Crippen LogP contribution in [0, 0.1) is 11.6 Å². The van der Waals surface area contributed by atoms with Gasteiger partial charge in [-0.1, -0.05) is 279 Å². The number of hydrogen-bond donors (Lipinski definition) is 0. The minimum atomic E-state index is -0.277. The van der Waals surface area contributed by atoms with E-state index in [1.807, 2.05) is 121 Å². The summed E-state index contributed by atoms with van der Waals surface area (Å²) in [4.78, 5) is 35.8. The Morgan fingerprint density at radius 1 is 0.179 bits per heavy atom. The molecule has 0 aliphatic rings. The highest BCUT2D eigenvalue weighted by atomic mass is 19.1. The fraction of sp³-hybridized carbons (Fsp3) is 0. The first-order valence-corrected chi connectivity index (χ1v) is 35.3.